The van der Waals surface area contributed by atoms with Gasteiger partial charge in [0.1, 0.15) is 4.90 Å². The molecule has 9 heteroatoms. The summed E-state index contributed by atoms with van der Waals surface area (Å²) in [6.45, 7) is 0.577. The molecule has 1 aliphatic rings. The number of amides is 1. The van der Waals surface area contributed by atoms with Crippen LogP contribution in [0.1, 0.15) is 18.4 Å². The Balaban J connectivity index is 1.68. The number of halogens is 2. The van der Waals surface area contributed by atoms with Crippen LogP contribution in [0.5, 0.6) is 0 Å². The Hall–Kier alpha value is -2.29. The second kappa shape index (κ2) is 6.55. The molecule has 1 aromatic heterocycles. The normalized spacial score (nSPS) is 15.1. The van der Waals surface area contributed by atoms with Crippen molar-refractivity contribution in [1.29, 1.82) is 0 Å². The Labute approximate surface area is 143 Å². The third-order valence-corrected chi connectivity index (χ3v) is 5.18. The Bertz CT molecular complexity index is 862. The van der Waals surface area contributed by atoms with Crippen molar-refractivity contribution >= 4 is 15.9 Å². The molecule has 0 unspecified atom stereocenters. The van der Waals surface area contributed by atoms with E-state index in [1.165, 1.54) is 27.7 Å². The first-order chi connectivity index (χ1) is 11.8. The fraction of sp³-hybridized carbons (Fsp3) is 0.375. The van der Waals surface area contributed by atoms with Crippen LogP contribution >= 0.6 is 0 Å². The van der Waals surface area contributed by atoms with Crippen molar-refractivity contribution < 1.29 is 22.0 Å². The summed E-state index contributed by atoms with van der Waals surface area (Å²) in [6, 6.07) is 7.67. The van der Waals surface area contributed by atoms with Gasteiger partial charge in [-0.1, -0.05) is 30.3 Å². The predicted molar refractivity (Wildman–Crippen MR) is 85.4 cm³/mol. The molecule has 0 aliphatic heterocycles. The van der Waals surface area contributed by atoms with Gasteiger partial charge in [-0.15, -0.1) is 0 Å². The molecule has 25 heavy (non-hydrogen) atoms. The number of aromatic nitrogens is 2. The molecule has 1 saturated carbocycles. The maximum absolute atomic E-state index is 14.0. The Morgan fingerprint density at radius 2 is 1.96 bits per heavy atom. The van der Waals surface area contributed by atoms with Crippen molar-refractivity contribution in [3.8, 4) is 0 Å². The van der Waals surface area contributed by atoms with Crippen molar-refractivity contribution in [2.75, 3.05) is 0 Å². The molecule has 0 bridgehead atoms. The van der Waals surface area contributed by atoms with Crippen LogP contribution in [-0.4, -0.2) is 30.0 Å². The number of sulfonamides is 1. The van der Waals surface area contributed by atoms with Gasteiger partial charge in [0.25, 0.3) is 10.0 Å². The van der Waals surface area contributed by atoms with E-state index in [-0.39, 0.29) is 10.5 Å². The van der Waals surface area contributed by atoms with Gasteiger partial charge >= 0.3 is 11.8 Å². The van der Waals surface area contributed by atoms with Crippen LogP contribution in [0.15, 0.2) is 47.6 Å². The minimum Gasteiger partial charge on any atom is -0.271 e. The lowest BCUT2D eigenvalue weighted by Gasteiger charge is -2.15. The molecule has 1 aromatic carbocycles. The molecule has 0 saturated heterocycles. The summed E-state index contributed by atoms with van der Waals surface area (Å²) in [5.41, 5.74) is 0.234. The fourth-order valence-electron chi connectivity index (χ4n) is 2.34. The van der Waals surface area contributed by atoms with Crippen molar-refractivity contribution in [2.24, 2.45) is 5.92 Å². The molecule has 0 radical (unpaired) electrons. The fourth-order valence-corrected chi connectivity index (χ4v) is 3.29. The highest BCUT2D eigenvalue weighted by molar-refractivity contribution is 7.90. The zero-order valence-electron chi connectivity index (χ0n) is 13.2. The zero-order chi connectivity index (χ0) is 18.1. The number of rotatable bonds is 7. The van der Waals surface area contributed by atoms with Crippen LogP contribution < -0.4 is 4.72 Å². The van der Waals surface area contributed by atoms with E-state index in [4.69, 9.17) is 0 Å². The number of nitrogens with zero attached hydrogens (tertiary/aromatic N) is 2. The number of nitrogens with one attached hydrogen (secondary N) is 1. The van der Waals surface area contributed by atoms with Gasteiger partial charge in [-0.3, -0.25) is 9.48 Å². The minimum atomic E-state index is -4.39. The number of carbonyl (C=O) groups is 1. The van der Waals surface area contributed by atoms with Crippen LogP contribution in [0.3, 0.4) is 0 Å². The topological polar surface area (TPSA) is 81.1 Å². The number of benzene rings is 1. The minimum absolute atomic E-state index is 0.234. The first-order valence-corrected chi connectivity index (χ1v) is 9.26. The summed E-state index contributed by atoms with van der Waals surface area (Å²) in [5.74, 6) is -5.23. The predicted octanol–water partition coefficient (Wildman–Crippen LogP) is 1.98. The lowest BCUT2D eigenvalue weighted by Crippen LogP contribution is -2.44. The Kier molecular flexibility index (Phi) is 4.59. The lowest BCUT2D eigenvalue weighted by molar-refractivity contribution is -0.143. The van der Waals surface area contributed by atoms with Crippen LogP contribution in [0.2, 0.25) is 0 Å². The van der Waals surface area contributed by atoms with Crippen LogP contribution in [0.4, 0.5) is 8.78 Å². The molecule has 2 aromatic rings. The third kappa shape index (κ3) is 4.41. The summed E-state index contributed by atoms with van der Waals surface area (Å²) in [7, 11) is -4.39. The van der Waals surface area contributed by atoms with E-state index in [1.807, 2.05) is 0 Å². The van der Waals surface area contributed by atoms with E-state index in [0.29, 0.717) is 12.5 Å². The molecule has 1 N–H and O–H groups in total. The number of hydrogen-bond acceptors (Lipinski definition) is 4. The van der Waals surface area contributed by atoms with Crippen LogP contribution in [-0.2, 0) is 27.8 Å². The number of carbonyl (C=O) groups excluding carboxylic acids is 1. The van der Waals surface area contributed by atoms with Crippen molar-refractivity contribution in [3.05, 3.63) is 48.3 Å². The summed E-state index contributed by atoms with van der Waals surface area (Å²) in [5, 5.41) is 3.90. The van der Waals surface area contributed by atoms with E-state index in [0.717, 1.165) is 19.0 Å². The van der Waals surface area contributed by atoms with E-state index < -0.39 is 28.3 Å². The first kappa shape index (κ1) is 17.5. The van der Waals surface area contributed by atoms with Crippen molar-refractivity contribution in [3.63, 3.8) is 0 Å². The molecule has 0 spiro atoms. The third-order valence-electron chi connectivity index (χ3n) is 3.89. The molecule has 3 rings (SSSR count). The number of alkyl halides is 2. The Morgan fingerprint density at radius 1 is 1.28 bits per heavy atom. The smallest absolute Gasteiger partial charge is 0.271 e. The van der Waals surface area contributed by atoms with Gasteiger partial charge in [0.05, 0.1) is 6.20 Å². The molecule has 1 aliphatic carbocycles. The van der Waals surface area contributed by atoms with Gasteiger partial charge in [0.15, 0.2) is 0 Å². The summed E-state index contributed by atoms with van der Waals surface area (Å²) in [6.07, 6.45) is 3.53. The van der Waals surface area contributed by atoms with Gasteiger partial charge in [-0.25, -0.2) is 13.1 Å². The largest absolute Gasteiger partial charge is 0.329 e. The maximum Gasteiger partial charge on any atom is 0.329 e. The van der Waals surface area contributed by atoms with Crippen molar-refractivity contribution in [2.45, 2.75) is 36.6 Å². The van der Waals surface area contributed by atoms with Crippen molar-refractivity contribution in [1.82, 2.24) is 14.5 Å². The van der Waals surface area contributed by atoms with E-state index in [1.54, 1.807) is 18.2 Å². The second-order valence-electron chi connectivity index (χ2n) is 6.14. The van der Waals surface area contributed by atoms with Gasteiger partial charge in [0, 0.05) is 19.2 Å². The van der Waals surface area contributed by atoms with E-state index >= 15 is 0 Å². The van der Waals surface area contributed by atoms with Gasteiger partial charge < -0.3 is 0 Å². The average molecular weight is 369 g/mol. The van der Waals surface area contributed by atoms with Gasteiger partial charge in [-0.05, 0) is 24.3 Å². The molecule has 134 valence electrons. The molecule has 0 atom stereocenters. The highest BCUT2D eigenvalue weighted by Crippen LogP contribution is 2.30. The highest BCUT2D eigenvalue weighted by atomic mass is 32.2. The zero-order valence-corrected chi connectivity index (χ0v) is 14.0. The SMILES string of the molecule is O=C(NS(=O)(=O)c1cnn(CC2CC2)c1)C(F)(F)Cc1ccccc1. The average Bonchev–Trinajstić information content (AvgIpc) is 3.21. The van der Waals surface area contributed by atoms with Gasteiger partial charge in [0.2, 0.25) is 0 Å². The monoisotopic (exact) mass is 369 g/mol. The molecule has 1 amide bonds. The summed E-state index contributed by atoms with van der Waals surface area (Å²) < 4.78 is 55.2. The lowest BCUT2D eigenvalue weighted by atomic mass is 10.1. The molecule has 1 heterocycles. The molecular formula is C16H17F2N3O3S. The van der Waals surface area contributed by atoms with Gasteiger partial charge in [-0.2, -0.15) is 13.9 Å². The summed E-state index contributed by atoms with van der Waals surface area (Å²) >= 11 is 0. The first-order valence-electron chi connectivity index (χ1n) is 7.78. The molecule has 1 fully saturated rings. The van der Waals surface area contributed by atoms with E-state index in [9.17, 15) is 22.0 Å². The molecular weight excluding hydrogens is 352 g/mol. The quantitative estimate of drug-likeness (QED) is 0.809. The van der Waals surface area contributed by atoms with E-state index in [2.05, 4.69) is 5.10 Å². The Morgan fingerprint density at radius 3 is 2.60 bits per heavy atom. The standard InChI is InChI=1S/C16H17F2N3O3S/c17-16(18,8-12-4-2-1-3-5-12)15(22)20-25(23,24)14-9-19-21(11-14)10-13-6-7-13/h1-5,9,11,13H,6-8,10H2,(H,20,22). The molecule has 6 nitrogen and oxygen atoms in total. The highest BCUT2D eigenvalue weighted by Gasteiger charge is 2.41. The van der Waals surface area contributed by atoms with Crippen LogP contribution in [0.25, 0.3) is 0 Å². The maximum atomic E-state index is 14.0. The second-order valence-corrected chi connectivity index (χ2v) is 7.83. The van der Waals surface area contributed by atoms with Crippen LogP contribution in [0, 0.1) is 5.92 Å². The number of hydrogen-bond donors (Lipinski definition) is 1. The summed E-state index contributed by atoms with van der Waals surface area (Å²) in [4.78, 5) is 11.5.